The van der Waals surface area contributed by atoms with Gasteiger partial charge in [0.2, 0.25) is 0 Å². The maximum Gasteiger partial charge on any atom is 0.529 e. The van der Waals surface area contributed by atoms with Crippen molar-refractivity contribution >= 4 is 43.6 Å². The molecule has 1 aromatic carbocycles. The molecule has 1 fully saturated rings. The predicted octanol–water partition coefficient (Wildman–Crippen LogP) is 0.583. The van der Waals surface area contributed by atoms with Crippen molar-refractivity contribution in [2.24, 2.45) is 0 Å². The fraction of sp³-hybridized carbons (Fsp3) is 0.444. The summed E-state index contributed by atoms with van der Waals surface area (Å²) in [4.78, 5) is 14.2. The molecular formula is C18H16B3F2N2O8PS. The highest BCUT2D eigenvalue weighted by atomic mass is 32.1. The fourth-order valence-electron chi connectivity index (χ4n) is 3.86. The van der Waals surface area contributed by atoms with Gasteiger partial charge in [-0.25, -0.2) is 18.1 Å². The number of aromatic amines is 1. The number of ether oxygens (including phenoxy) is 1. The molecule has 4 rings (SSSR count). The predicted molar refractivity (Wildman–Crippen MR) is 121 cm³/mol. The molecule has 17 heteroatoms. The first-order valence-electron chi connectivity index (χ1n) is 9.92. The Labute approximate surface area is 206 Å². The largest absolute Gasteiger partial charge is 0.529 e. The summed E-state index contributed by atoms with van der Waals surface area (Å²) >= 11 is 4.59. The molecule has 3 N–H and O–H groups in total. The number of H-pyrrole nitrogens is 1. The van der Waals surface area contributed by atoms with Crippen LogP contribution >= 0.6 is 20.0 Å². The molecular weight excluding hydrogens is 506 g/mol. The van der Waals surface area contributed by atoms with Gasteiger partial charge in [-0.1, -0.05) is 29.9 Å². The number of hydrogen-bond donors (Lipinski definition) is 3. The van der Waals surface area contributed by atoms with E-state index in [1.165, 1.54) is 0 Å². The molecule has 2 aliphatic heterocycles. The van der Waals surface area contributed by atoms with Gasteiger partial charge in [-0.15, -0.1) is 0 Å². The van der Waals surface area contributed by atoms with E-state index in [1.54, 1.807) is 19.1 Å². The second kappa shape index (κ2) is 8.37. The van der Waals surface area contributed by atoms with E-state index in [0.717, 1.165) is 5.56 Å². The van der Waals surface area contributed by atoms with Crippen LogP contribution in [0.5, 0.6) is 5.75 Å². The lowest BCUT2D eigenvalue weighted by molar-refractivity contribution is -0.240. The van der Waals surface area contributed by atoms with Gasteiger partial charge >= 0.3 is 13.5 Å². The molecule has 3 heterocycles. The van der Waals surface area contributed by atoms with Crippen molar-refractivity contribution in [3.8, 4) is 5.75 Å². The third kappa shape index (κ3) is 4.14. The van der Waals surface area contributed by atoms with Crippen LogP contribution in [0.25, 0.3) is 0 Å². The Hall–Kier alpha value is -1.80. The number of nitrogens with zero attached hydrogens (tertiary/aromatic N) is 1. The summed E-state index contributed by atoms with van der Waals surface area (Å²) in [5.41, 5.74) is -2.27. The summed E-state index contributed by atoms with van der Waals surface area (Å²) < 4.78 is 63.1. The third-order valence-corrected chi connectivity index (χ3v) is 7.24. The number of aliphatic hydroxyl groups excluding tert-OH is 2. The number of nitrogens with one attached hydrogen (secondary N) is 1. The van der Waals surface area contributed by atoms with Crippen LogP contribution in [0.1, 0.15) is 16.7 Å². The highest BCUT2D eigenvalue weighted by Gasteiger charge is 2.69. The van der Waals surface area contributed by atoms with Crippen molar-refractivity contribution in [1.29, 1.82) is 0 Å². The zero-order valence-electron chi connectivity index (χ0n) is 18.2. The number of phosphoric acid groups is 1. The number of phosphoric ester groups is 1. The number of fused-ring (bicyclic) bond motifs is 1. The van der Waals surface area contributed by atoms with Crippen LogP contribution in [0.4, 0.5) is 8.78 Å². The Morgan fingerprint density at radius 3 is 2.66 bits per heavy atom. The number of aryl methyl sites for hydroxylation is 2. The van der Waals surface area contributed by atoms with Gasteiger partial charge in [0.25, 0.3) is 5.85 Å². The average Bonchev–Trinajstić information content (AvgIpc) is 2.93. The Kier molecular flexibility index (Phi) is 6.28. The molecule has 5 atom stereocenters. The number of alkyl halides is 1. The molecule has 0 aliphatic carbocycles. The van der Waals surface area contributed by atoms with E-state index in [9.17, 15) is 24.0 Å². The van der Waals surface area contributed by atoms with Gasteiger partial charge < -0.3 is 19.5 Å². The lowest BCUT2D eigenvalue weighted by atomic mass is 9.59. The topological polar surface area (TPSA) is 132 Å². The van der Waals surface area contributed by atoms with Gasteiger partial charge in [0.15, 0.2) is 5.82 Å². The van der Waals surface area contributed by atoms with Crippen LogP contribution in [0.15, 0.2) is 23.1 Å². The Balaban J connectivity index is 1.68. The highest BCUT2D eigenvalue weighted by molar-refractivity contribution is 7.71. The lowest BCUT2D eigenvalue weighted by Crippen LogP contribution is -2.60. The molecule has 10 nitrogen and oxygen atoms in total. The molecule has 35 heavy (non-hydrogen) atoms. The van der Waals surface area contributed by atoms with E-state index in [4.69, 9.17) is 41.8 Å². The van der Waals surface area contributed by atoms with E-state index in [1.807, 2.05) is 11.9 Å². The van der Waals surface area contributed by atoms with Crippen molar-refractivity contribution < 1.29 is 41.9 Å². The second-order valence-corrected chi connectivity index (χ2v) is 10.2. The monoisotopic (exact) mass is 522 g/mol. The van der Waals surface area contributed by atoms with Crippen molar-refractivity contribution in [3.05, 3.63) is 56.0 Å². The van der Waals surface area contributed by atoms with E-state index < -0.39 is 53.1 Å². The first-order valence-corrected chi connectivity index (χ1v) is 11.8. The number of aromatic nitrogens is 2. The molecule has 2 aromatic rings. The second-order valence-electron chi connectivity index (χ2n) is 8.26. The van der Waals surface area contributed by atoms with E-state index >= 15 is 4.39 Å². The van der Waals surface area contributed by atoms with Crippen LogP contribution in [-0.4, -0.2) is 66.8 Å². The molecule has 2 aliphatic rings. The van der Waals surface area contributed by atoms with Crippen molar-refractivity contribution in [2.45, 2.75) is 49.5 Å². The summed E-state index contributed by atoms with van der Waals surface area (Å²) in [5.74, 6) is -4.90. The van der Waals surface area contributed by atoms with E-state index in [2.05, 4.69) is 12.2 Å². The Morgan fingerprint density at radius 2 is 2.00 bits per heavy atom. The highest BCUT2D eigenvalue weighted by Crippen LogP contribution is 2.59. The number of hydrogen-bond acceptors (Lipinski definition) is 9. The quantitative estimate of drug-likeness (QED) is 0.300. The molecule has 1 saturated heterocycles. The van der Waals surface area contributed by atoms with Crippen LogP contribution in [0.3, 0.4) is 0 Å². The summed E-state index contributed by atoms with van der Waals surface area (Å²) in [6.07, 6.45) is -4.76. The van der Waals surface area contributed by atoms with E-state index in [-0.39, 0.29) is 16.9 Å². The van der Waals surface area contributed by atoms with Crippen molar-refractivity contribution in [3.63, 3.8) is 0 Å². The number of aliphatic hydroxyl groups is 2. The summed E-state index contributed by atoms with van der Waals surface area (Å²) in [7, 11) is 12.5. The van der Waals surface area contributed by atoms with Gasteiger partial charge in [0.05, 0.1) is 12.0 Å². The minimum absolute atomic E-state index is 0.122. The molecule has 0 spiro atoms. The maximum absolute atomic E-state index is 16.0. The average molecular weight is 522 g/mol. The van der Waals surface area contributed by atoms with Crippen molar-refractivity contribution in [1.82, 2.24) is 9.55 Å². The Morgan fingerprint density at radius 1 is 1.34 bits per heavy atom. The van der Waals surface area contributed by atoms with Crippen molar-refractivity contribution in [2.75, 3.05) is 0 Å². The Bertz CT molecular complexity index is 1380. The van der Waals surface area contributed by atoms with Gasteiger partial charge in [0, 0.05) is 11.8 Å². The molecule has 1 unspecified atom stereocenters. The molecule has 1 aromatic heterocycles. The zero-order valence-corrected chi connectivity index (χ0v) is 19.9. The maximum atomic E-state index is 16.0. The number of benzene rings is 1. The molecule has 0 saturated carbocycles. The van der Waals surface area contributed by atoms with Crippen LogP contribution in [-0.2, 0) is 30.6 Å². The number of halogens is 2. The number of rotatable bonds is 4. The molecule has 0 amide bonds. The van der Waals surface area contributed by atoms with Gasteiger partial charge in [-0.2, -0.15) is 0 Å². The smallest absolute Gasteiger partial charge is 0.403 e. The van der Waals surface area contributed by atoms with Gasteiger partial charge in [-0.05, 0) is 19.4 Å². The molecule has 6 radical (unpaired) electrons. The lowest BCUT2D eigenvalue weighted by Gasteiger charge is -2.42. The summed E-state index contributed by atoms with van der Waals surface area (Å²) in [6.45, 7) is 3.19. The normalized spacial score (nSPS) is 32.7. The molecule has 180 valence electrons. The van der Waals surface area contributed by atoms with Crippen LogP contribution in [0, 0.1) is 24.3 Å². The first kappa shape index (κ1) is 26.3. The van der Waals surface area contributed by atoms with Gasteiger partial charge in [-0.3, -0.25) is 18.6 Å². The van der Waals surface area contributed by atoms with Crippen LogP contribution < -0.4 is 10.2 Å². The summed E-state index contributed by atoms with van der Waals surface area (Å²) in [5, 5.41) is 17.5. The standard InChI is InChI=1S/C18H16B3F2N2O8PS/c1-7-3-8(2)11-9(4-7)6-30-34(29,31-11)33-18(20,21)16(23)12(26)13(27)17(19,32-16)25-5-10(22)14(35)24-15(25)28/h3-5,12-13,26-27H,6H2,1-2H3,(H,24,28,35)/t12-,13+,16-,17-,34?/m0/s1. The molecule has 0 bridgehead atoms. The van der Waals surface area contributed by atoms with Crippen LogP contribution in [0.2, 0.25) is 0 Å². The van der Waals surface area contributed by atoms with E-state index in [0.29, 0.717) is 17.3 Å². The first-order chi connectivity index (χ1) is 16.0. The minimum Gasteiger partial charge on any atom is -0.403 e. The fourth-order valence-corrected chi connectivity index (χ4v) is 5.42. The van der Waals surface area contributed by atoms with Gasteiger partial charge in [0.1, 0.15) is 51.8 Å². The SMILES string of the molecule is [B]C([B])(OP1(=O)OCc2cc(C)cc(C)c2O1)[C@@]1(F)O[C@@]([B])(n2cc(F)c(=S)[nH]c2=O)[C@H](O)[C@@H]1O. The zero-order chi connectivity index (χ0) is 26.1. The summed E-state index contributed by atoms with van der Waals surface area (Å²) in [6, 6.07) is 3.42. The third-order valence-electron chi connectivity index (χ3n) is 5.56. The minimum atomic E-state index is -4.74.